The zero-order chi connectivity index (χ0) is 17.3. The molecule has 0 aromatic carbocycles. The number of fused-ring (bicyclic) bond motifs is 3. The second kappa shape index (κ2) is 4.86. The molecule has 3 saturated carbocycles. The summed E-state index contributed by atoms with van der Waals surface area (Å²) in [6.07, 6.45) is 9.82. The predicted molar refractivity (Wildman–Crippen MR) is 89.4 cm³/mol. The Kier molecular flexibility index (Phi) is 3.27. The number of hydrogen-bond acceptors (Lipinski definition) is 2. The molecule has 4 rings (SSSR count). The molecule has 0 radical (unpaired) electrons. The van der Waals surface area contributed by atoms with Gasteiger partial charge < -0.3 is 10.2 Å². The molecule has 3 fully saturated rings. The number of rotatable bonds is 2. The van der Waals surface area contributed by atoms with Crippen LogP contribution in [0.5, 0.6) is 0 Å². The third-order valence-corrected chi connectivity index (χ3v) is 8.41. The van der Waals surface area contributed by atoms with E-state index in [0.29, 0.717) is 11.5 Å². The van der Waals surface area contributed by atoms with E-state index < -0.39 is 17.4 Å². The minimum absolute atomic E-state index is 0.0125. The van der Waals surface area contributed by atoms with Gasteiger partial charge in [-0.2, -0.15) is 0 Å². The third-order valence-electron chi connectivity index (χ3n) is 8.41. The average Bonchev–Trinajstić information content (AvgIpc) is 2.78. The van der Waals surface area contributed by atoms with Gasteiger partial charge >= 0.3 is 11.9 Å². The summed E-state index contributed by atoms with van der Waals surface area (Å²) in [6, 6.07) is 0. The summed E-state index contributed by atoms with van der Waals surface area (Å²) >= 11 is 0. The zero-order valence-electron chi connectivity index (χ0n) is 14.7. The maximum absolute atomic E-state index is 12.0. The highest BCUT2D eigenvalue weighted by molar-refractivity contribution is 5.88. The standard InChI is InChI=1S/C20H28O4/c1-18-7-3-8-19(2,17(23)24)14(18)6-9-20-10-12(4-5-15(18)20)13(11-20)16(21)22/h11-12,14-15H,3-10H2,1-2H3,(H,21,22)(H,23,24)/t12-,14?,15?,18-,19-,20+/m1/s1. The molecule has 0 aromatic rings. The molecule has 132 valence electrons. The van der Waals surface area contributed by atoms with E-state index in [1.54, 1.807) is 0 Å². The lowest BCUT2D eigenvalue weighted by molar-refractivity contribution is -0.177. The summed E-state index contributed by atoms with van der Waals surface area (Å²) in [6.45, 7) is 4.27. The van der Waals surface area contributed by atoms with Gasteiger partial charge in [-0.1, -0.05) is 19.4 Å². The van der Waals surface area contributed by atoms with Crippen molar-refractivity contribution in [3.05, 3.63) is 11.6 Å². The summed E-state index contributed by atoms with van der Waals surface area (Å²) in [5.74, 6) is -0.519. The molecule has 4 nitrogen and oxygen atoms in total. The first-order valence-corrected chi connectivity index (χ1v) is 9.42. The predicted octanol–water partition coefficient (Wildman–Crippen LogP) is 4.10. The average molecular weight is 332 g/mol. The first kappa shape index (κ1) is 16.2. The van der Waals surface area contributed by atoms with Crippen molar-refractivity contribution in [2.24, 2.45) is 34.0 Å². The van der Waals surface area contributed by atoms with Crippen LogP contribution in [0.1, 0.15) is 65.2 Å². The SMILES string of the molecule is C[C@@]12CCC[C@@](C)(C(=O)O)C1CC[C@]13C=C(C(=O)O)[C@H](CCC12)C3. The second-order valence-electron chi connectivity index (χ2n) is 9.34. The molecule has 2 bridgehead atoms. The molecule has 0 aliphatic heterocycles. The van der Waals surface area contributed by atoms with Crippen LogP contribution in [0.2, 0.25) is 0 Å². The molecule has 0 amide bonds. The lowest BCUT2D eigenvalue weighted by Gasteiger charge is -2.63. The zero-order valence-corrected chi connectivity index (χ0v) is 14.7. The van der Waals surface area contributed by atoms with Crippen LogP contribution in [0.4, 0.5) is 0 Å². The number of allylic oxidation sites excluding steroid dienone is 1. The normalized spacial score (nSPS) is 49.8. The van der Waals surface area contributed by atoms with E-state index in [0.717, 1.165) is 51.4 Å². The molecule has 0 heterocycles. The fraction of sp³-hybridized carbons (Fsp3) is 0.800. The fourth-order valence-electron chi connectivity index (χ4n) is 7.43. The van der Waals surface area contributed by atoms with Gasteiger partial charge in [0.2, 0.25) is 0 Å². The number of carbonyl (C=O) groups is 2. The van der Waals surface area contributed by atoms with E-state index in [4.69, 9.17) is 0 Å². The lowest BCUT2D eigenvalue weighted by atomic mass is 9.41. The van der Waals surface area contributed by atoms with Crippen molar-refractivity contribution < 1.29 is 19.8 Å². The van der Waals surface area contributed by atoms with Crippen molar-refractivity contribution in [2.45, 2.75) is 65.2 Å². The largest absolute Gasteiger partial charge is 0.481 e. The molecule has 4 heteroatoms. The van der Waals surface area contributed by atoms with Crippen LogP contribution in [0.3, 0.4) is 0 Å². The van der Waals surface area contributed by atoms with Crippen LogP contribution in [0.25, 0.3) is 0 Å². The van der Waals surface area contributed by atoms with E-state index in [9.17, 15) is 19.8 Å². The van der Waals surface area contributed by atoms with Crippen molar-refractivity contribution in [2.75, 3.05) is 0 Å². The highest BCUT2D eigenvalue weighted by atomic mass is 16.4. The molecule has 1 spiro atoms. The minimum Gasteiger partial charge on any atom is -0.481 e. The first-order valence-electron chi connectivity index (χ1n) is 9.42. The molecule has 0 saturated heterocycles. The van der Waals surface area contributed by atoms with Crippen molar-refractivity contribution in [1.29, 1.82) is 0 Å². The molecule has 4 aliphatic rings. The van der Waals surface area contributed by atoms with Crippen LogP contribution in [-0.4, -0.2) is 22.2 Å². The van der Waals surface area contributed by atoms with Crippen molar-refractivity contribution in [3.63, 3.8) is 0 Å². The maximum atomic E-state index is 12.0. The van der Waals surface area contributed by atoms with Gasteiger partial charge in [0.25, 0.3) is 0 Å². The van der Waals surface area contributed by atoms with E-state index >= 15 is 0 Å². The lowest BCUT2D eigenvalue weighted by Crippen LogP contribution is -2.58. The van der Waals surface area contributed by atoms with Crippen molar-refractivity contribution in [1.82, 2.24) is 0 Å². The second-order valence-corrected chi connectivity index (χ2v) is 9.34. The van der Waals surface area contributed by atoms with Gasteiger partial charge in [0.1, 0.15) is 0 Å². The Bertz CT molecular complexity index is 638. The van der Waals surface area contributed by atoms with Gasteiger partial charge in [-0.25, -0.2) is 4.79 Å². The summed E-state index contributed by atoms with van der Waals surface area (Å²) in [7, 11) is 0. The van der Waals surface area contributed by atoms with Crippen molar-refractivity contribution >= 4 is 11.9 Å². The summed E-state index contributed by atoms with van der Waals surface area (Å²) in [4.78, 5) is 23.7. The van der Waals surface area contributed by atoms with E-state index in [-0.39, 0.29) is 22.7 Å². The van der Waals surface area contributed by atoms with Gasteiger partial charge in [-0.3, -0.25) is 4.79 Å². The van der Waals surface area contributed by atoms with Crippen molar-refractivity contribution in [3.8, 4) is 0 Å². The van der Waals surface area contributed by atoms with Crippen LogP contribution < -0.4 is 0 Å². The molecule has 6 atom stereocenters. The topological polar surface area (TPSA) is 74.6 Å². The Morgan fingerprint density at radius 1 is 1.04 bits per heavy atom. The smallest absolute Gasteiger partial charge is 0.331 e. The van der Waals surface area contributed by atoms with E-state index in [1.807, 2.05) is 6.92 Å². The Balaban J connectivity index is 1.76. The highest BCUT2D eigenvalue weighted by Crippen LogP contribution is 2.70. The molecule has 24 heavy (non-hydrogen) atoms. The van der Waals surface area contributed by atoms with Crippen LogP contribution in [0, 0.1) is 34.0 Å². The number of carboxylic acids is 2. The molecular weight excluding hydrogens is 304 g/mol. The van der Waals surface area contributed by atoms with Gasteiger partial charge in [0, 0.05) is 5.57 Å². The Morgan fingerprint density at radius 2 is 1.79 bits per heavy atom. The maximum Gasteiger partial charge on any atom is 0.331 e. The summed E-state index contributed by atoms with van der Waals surface area (Å²) in [5.41, 5.74) is 0.0533. The Hall–Kier alpha value is -1.32. The molecule has 0 aromatic heterocycles. The van der Waals surface area contributed by atoms with E-state index in [1.165, 1.54) is 0 Å². The summed E-state index contributed by atoms with van der Waals surface area (Å²) in [5, 5.41) is 19.5. The van der Waals surface area contributed by atoms with Crippen LogP contribution in [-0.2, 0) is 9.59 Å². The molecule has 2 N–H and O–H groups in total. The van der Waals surface area contributed by atoms with E-state index in [2.05, 4.69) is 13.0 Å². The molecular formula is C20H28O4. The number of aliphatic carboxylic acids is 2. The highest BCUT2D eigenvalue weighted by Gasteiger charge is 2.64. The first-order chi connectivity index (χ1) is 11.2. The Morgan fingerprint density at radius 3 is 2.46 bits per heavy atom. The van der Waals surface area contributed by atoms with Crippen LogP contribution >= 0.6 is 0 Å². The van der Waals surface area contributed by atoms with Gasteiger partial charge in [-0.05, 0) is 80.5 Å². The van der Waals surface area contributed by atoms with Gasteiger partial charge in [0.15, 0.2) is 0 Å². The molecule has 2 unspecified atom stereocenters. The third kappa shape index (κ3) is 1.86. The Labute approximate surface area is 143 Å². The van der Waals surface area contributed by atoms with Crippen LogP contribution in [0.15, 0.2) is 11.6 Å². The monoisotopic (exact) mass is 332 g/mol. The number of carboxylic acid groups (broad SMARTS) is 2. The fourth-order valence-corrected chi connectivity index (χ4v) is 7.43. The van der Waals surface area contributed by atoms with Gasteiger partial charge in [0.05, 0.1) is 5.41 Å². The molecule has 4 aliphatic carbocycles. The summed E-state index contributed by atoms with van der Waals surface area (Å²) < 4.78 is 0. The number of hydrogen-bond donors (Lipinski definition) is 2. The van der Waals surface area contributed by atoms with Gasteiger partial charge in [-0.15, -0.1) is 0 Å². The quantitative estimate of drug-likeness (QED) is 0.798. The minimum atomic E-state index is -0.746.